The maximum absolute atomic E-state index is 11.1. The van der Waals surface area contributed by atoms with Gasteiger partial charge in [-0.15, -0.1) is 0 Å². The third kappa shape index (κ3) is 2.76. The van der Waals surface area contributed by atoms with Crippen LogP contribution in [0.4, 0.5) is 0 Å². The summed E-state index contributed by atoms with van der Waals surface area (Å²) in [5.74, 6) is 0.813. The van der Waals surface area contributed by atoms with E-state index in [0.29, 0.717) is 11.3 Å². The average Bonchev–Trinajstić information content (AvgIpc) is 2.79. The SMILES string of the molecule is COC(=O)COc1ccc2oc(C)c([C@@H](C)NO)c2c1. The monoisotopic (exact) mass is 279 g/mol. The van der Waals surface area contributed by atoms with Gasteiger partial charge in [0.15, 0.2) is 6.61 Å². The summed E-state index contributed by atoms with van der Waals surface area (Å²) in [6, 6.07) is 4.99. The maximum atomic E-state index is 11.1. The number of benzene rings is 1. The van der Waals surface area contributed by atoms with E-state index in [1.807, 2.05) is 13.8 Å². The number of carbonyl (C=O) groups is 1. The predicted octanol–water partition coefficient (Wildman–Crippen LogP) is 2.33. The van der Waals surface area contributed by atoms with Gasteiger partial charge in [-0.2, -0.15) is 5.48 Å². The fourth-order valence-electron chi connectivity index (χ4n) is 2.11. The molecule has 0 spiro atoms. The molecule has 1 heterocycles. The van der Waals surface area contributed by atoms with E-state index < -0.39 is 5.97 Å². The van der Waals surface area contributed by atoms with Crippen LogP contribution in [0, 0.1) is 6.92 Å². The van der Waals surface area contributed by atoms with Crippen LogP contribution < -0.4 is 10.2 Å². The summed E-state index contributed by atoms with van der Waals surface area (Å²) < 4.78 is 15.5. The van der Waals surface area contributed by atoms with E-state index in [4.69, 9.17) is 14.4 Å². The van der Waals surface area contributed by atoms with Crippen LogP contribution in [0.15, 0.2) is 22.6 Å². The molecule has 0 saturated carbocycles. The zero-order valence-electron chi connectivity index (χ0n) is 11.6. The Morgan fingerprint density at radius 1 is 1.50 bits per heavy atom. The molecule has 1 aromatic carbocycles. The lowest BCUT2D eigenvalue weighted by Crippen LogP contribution is -2.14. The Balaban J connectivity index is 2.34. The lowest BCUT2D eigenvalue weighted by Gasteiger charge is -2.09. The summed E-state index contributed by atoms with van der Waals surface area (Å²) in [6.07, 6.45) is 0. The molecule has 2 aromatic rings. The minimum absolute atomic E-state index is 0.151. The third-order valence-corrected chi connectivity index (χ3v) is 3.09. The van der Waals surface area contributed by atoms with E-state index in [2.05, 4.69) is 10.2 Å². The number of hydrogen-bond acceptors (Lipinski definition) is 6. The highest BCUT2D eigenvalue weighted by molar-refractivity contribution is 5.84. The van der Waals surface area contributed by atoms with Crippen LogP contribution >= 0.6 is 0 Å². The number of hydrogen-bond donors (Lipinski definition) is 2. The molecule has 108 valence electrons. The van der Waals surface area contributed by atoms with Gasteiger partial charge in [0.1, 0.15) is 17.1 Å². The number of esters is 1. The van der Waals surface area contributed by atoms with Crippen molar-refractivity contribution in [3.05, 3.63) is 29.5 Å². The van der Waals surface area contributed by atoms with E-state index in [9.17, 15) is 4.79 Å². The molecule has 0 aliphatic rings. The Morgan fingerprint density at radius 2 is 2.25 bits per heavy atom. The summed E-state index contributed by atoms with van der Waals surface area (Å²) in [5, 5.41) is 9.92. The van der Waals surface area contributed by atoms with E-state index in [1.54, 1.807) is 18.2 Å². The highest BCUT2D eigenvalue weighted by Gasteiger charge is 2.17. The van der Waals surface area contributed by atoms with Gasteiger partial charge in [0.2, 0.25) is 0 Å². The number of hydroxylamine groups is 1. The minimum atomic E-state index is -0.445. The predicted molar refractivity (Wildman–Crippen MR) is 71.8 cm³/mol. The van der Waals surface area contributed by atoms with Gasteiger partial charge in [-0.3, -0.25) is 0 Å². The molecule has 0 radical (unpaired) electrons. The molecule has 0 aliphatic carbocycles. The van der Waals surface area contributed by atoms with Crippen LogP contribution in [0.25, 0.3) is 11.0 Å². The number of rotatable bonds is 5. The van der Waals surface area contributed by atoms with Crippen molar-refractivity contribution in [1.82, 2.24) is 5.48 Å². The average molecular weight is 279 g/mol. The van der Waals surface area contributed by atoms with Gasteiger partial charge in [-0.1, -0.05) is 0 Å². The highest BCUT2D eigenvalue weighted by Crippen LogP contribution is 2.32. The maximum Gasteiger partial charge on any atom is 0.343 e. The smallest absolute Gasteiger partial charge is 0.343 e. The Labute approximate surface area is 116 Å². The molecule has 20 heavy (non-hydrogen) atoms. The van der Waals surface area contributed by atoms with Crippen LogP contribution in [0.5, 0.6) is 5.75 Å². The first-order chi connectivity index (χ1) is 9.56. The van der Waals surface area contributed by atoms with E-state index in [-0.39, 0.29) is 12.6 Å². The van der Waals surface area contributed by atoms with Crippen LogP contribution in [0.1, 0.15) is 24.3 Å². The fourth-order valence-corrected chi connectivity index (χ4v) is 2.11. The molecule has 0 unspecified atom stereocenters. The van der Waals surface area contributed by atoms with Gasteiger partial charge in [-0.05, 0) is 32.0 Å². The molecule has 0 aliphatic heterocycles. The van der Waals surface area contributed by atoms with Gasteiger partial charge in [-0.25, -0.2) is 4.79 Å². The molecule has 2 N–H and O–H groups in total. The molecule has 0 amide bonds. The van der Waals surface area contributed by atoms with Gasteiger partial charge in [0, 0.05) is 10.9 Å². The van der Waals surface area contributed by atoms with Crippen LogP contribution in [0.3, 0.4) is 0 Å². The topological polar surface area (TPSA) is 80.9 Å². The van der Waals surface area contributed by atoms with Crippen molar-refractivity contribution < 1.29 is 23.9 Å². The number of methoxy groups -OCH3 is 1. The molecule has 1 atom stereocenters. The highest BCUT2D eigenvalue weighted by atomic mass is 16.6. The molecular weight excluding hydrogens is 262 g/mol. The molecule has 0 fully saturated rings. The quantitative estimate of drug-likeness (QED) is 0.646. The van der Waals surface area contributed by atoms with E-state index >= 15 is 0 Å². The summed E-state index contributed by atoms with van der Waals surface area (Å²) >= 11 is 0. The van der Waals surface area contributed by atoms with Crippen molar-refractivity contribution in [3.63, 3.8) is 0 Å². The van der Waals surface area contributed by atoms with E-state index in [1.165, 1.54) is 7.11 Å². The van der Waals surface area contributed by atoms with Crippen molar-refractivity contribution in [2.24, 2.45) is 0 Å². The number of aryl methyl sites for hydroxylation is 1. The van der Waals surface area contributed by atoms with Crippen LogP contribution in [-0.4, -0.2) is 24.9 Å². The molecule has 0 bridgehead atoms. The molecule has 1 aromatic heterocycles. The minimum Gasteiger partial charge on any atom is -0.482 e. The van der Waals surface area contributed by atoms with Crippen LogP contribution in [-0.2, 0) is 9.53 Å². The largest absolute Gasteiger partial charge is 0.482 e. The number of ether oxygens (including phenoxy) is 2. The van der Waals surface area contributed by atoms with Crippen molar-refractivity contribution in [2.75, 3.05) is 13.7 Å². The lowest BCUT2D eigenvalue weighted by molar-refractivity contribution is -0.142. The molecular formula is C14H17NO5. The Morgan fingerprint density at radius 3 is 2.90 bits per heavy atom. The second-order valence-electron chi connectivity index (χ2n) is 4.45. The van der Waals surface area contributed by atoms with Gasteiger partial charge >= 0.3 is 5.97 Å². The van der Waals surface area contributed by atoms with Crippen molar-refractivity contribution in [2.45, 2.75) is 19.9 Å². The number of furan rings is 1. The van der Waals surface area contributed by atoms with Gasteiger partial charge < -0.3 is 19.1 Å². The van der Waals surface area contributed by atoms with Gasteiger partial charge in [0.05, 0.1) is 13.2 Å². The standard InChI is InChI=1S/C14H17NO5/c1-8(15-17)14-9(2)20-12-5-4-10(6-11(12)14)19-7-13(16)18-3/h4-6,8,15,17H,7H2,1-3H3/t8-/m1/s1. The molecule has 0 saturated heterocycles. The molecule has 6 heteroatoms. The van der Waals surface area contributed by atoms with Crippen molar-refractivity contribution in [3.8, 4) is 5.75 Å². The third-order valence-electron chi connectivity index (χ3n) is 3.09. The second-order valence-corrected chi connectivity index (χ2v) is 4.45. The zero-order chi connectivity index (χ0) is 14.7. The van der Waals surface area contributed by atoms with Gasteiger partial charge in [0.25, 0.3) is 0 Å². The number of fused-ring (bicyclic) bond motifs is 1. The van der Waals surface area contributed by atoms with Crippen molar-refractivity contribution >= 4 is 16.9 Å². The van der Waals surface area contributed by atoms with Crippen molar-refractivity contribution in [1.29, 1.82) is 0 Å². The summed E-state index contributed by atoms with van der Waals surface area (Å²) in [7, 11) is 1.31. The second kappa shape index (κ2) is 5.94. The zero-order valence-corrected chi connectivity index (χ0v) is 11.6. The Bertz CT molecular complexity index is 619. The number of nitrogens with one attached hydrogen (secondary N) is 1. The summed E-state index contributed by atoms with van der Waals surface area (Å²) in [4.78, 5) is 11.1. The summed E-state index contributed by atoms with van der Waals surface area (Å²) in [6.45, 7) is 3.50. The first kappa shape index (κ1) is 14.4. The molecule has 6 nitrogen and oxygen atoms in total. The summed E-state index contributed by atoms with van der Waals surface area (Å²) in [5.41, 5.74) is 3.76. The lowest BCUT2D eigenvalue weighted by atomic mass is 10.0. The fraction of sp³-hybridized carbons (Fsp3) is 0.357. The normalized spacial score (nSPS) is 12.4. The first-order valence-corrected chi connectivity index (χ1v) is 6.19. The number of carbonyl (C=O) groups excluding carboxylic acids is 1. The van der Waals surface area contributed by atoms with E-state index in [0.717, 1.165) is 16.7 Å². The Kier molecular flexibility index (Phi) is 4.26. The van der Waals surface area contributed by atoms with Crippen LogP contribution in [0.2, 0.25) is 0 Å². The Hall–Kier alpha value is -2.05. The first-order valence-electron chi connectivity index (χ1n) is 6.19. The molecule has 2 rings (SSSR count).